The Balaban J connectivity index is 1.71. The van der Waals surface area contributed by atoms with Gasteiger partial charge in [-0.1, -0.05) is 70.9 Å². The quantitative estimate of drug-likeness (QED) is 0.406. The maximum absolute atomic E-state index is 12.8. The van der Waals surface area contributed by atoms with Crippen LogP contribution in [0.4, 0.5) is 0 Å². The van der Waals surface area contributed by atoms with Crippen LogP contribution in [0.1, 0.15) is 25.3 Å². The number of ether oxygens (including phenoxy) is 1. The van der Waals surface area contributed by atoms with Gasteiger partial charge in [-0.25, -0.2) is 0 Å². The van der Waals surface area contributed by atoms with Crippen molar-refractivity contribution >= 4 is 38.3 Å². The summed E-state index contributed by atoms with van der Waals surface area (Å²) in [4.78, 5) is 17.9. The molecule has 5 nitrogen and oxygen atoms in total. The molecule has 0 aliphatic carbocycles. The standard InChI is InChI=1S/C21H18BrN3O2S/c1-2-3-12-27-17-7-5-4-6-15(17)13-18-20(26)25-21(28-18)23-19(24-25)14-8-10-16(22)11-9-14/h4-11,13H,2-3,12H2,1H3/b18-13-. The maximum atomic E-state index is 12.8. The van der Waals surface area contributed by atoms with Crippen molar-refractivity contribution in [3.05, 3.63) is 73.5 Å². The van der Waals surface area contributed by atoms with Gasteiger partial charge in [-0.05, 0) is 30.7 Å². The molecule has 0 saturated heterocycles. The van der Waals surface area contributed by atoms with Gasteiger partial charge in [0.2, 0.25) is 4.96 Å². The molecular weight excluding hydrogens is 438 g/mol. The molecule has 4 rings (SSSR count). The van der Waals surface area contributed by atoms with Crippen LogP contribution in [-0.2, 0) is 0 Å². The van der Waals surface area contributed by atoms with E-state index in [1.165, 1.54) is 15.9 Å². The van der Waals surface area contributed by atoms with E-state index in [2.05, 4.69) is 32.9 Å². The van der Waals surface area contributed by atoms with Gasteiger partial charge in [0.15, 0.2) is 5.82 Å². The lowest BCUT2D eigenvalue weighted by Gasteiger charge is -2.07. The van der Waals surface area contributed by atoms with E-state index in [9.17, 15) is 4.79 Å². The van der Waals surface area contributed by atoms with Gasteiger partial charge in [-0.3, -0.25) is 4.79 Å². The molecule has 7 heteroatoms. The van der Waals surface area contributed by atoms with E-state index < -0.39 is 0 Å². The lowest BCUT2D eigenvalue weighted by Crippen LogP contribution is -2.23. The van der Waals surface area contributed by atoms with Crippen molar-refractivity contribution in [2.45, 2.75) is 19.8 Å². The number of fused-ring (bicyclic) bond motifs is 1. The molecule has 0 N–H and O–H groups in total. The van der Waals surface area contributed by atoms with Crippen molar-refractivity contribution in [3.8, 4) is 17.1 Å². The number of para-hydroxylation sites is 1. The first-order valence-corrected chi connectivity index (χ1v) is 10.7. The van der Waals surface area contributed by atoms with Crippen LogP contribution in [0.15, 0.2) is 57.8 Å². The van der Waals surface area contributed by atoms with Gasteiger partial charge in [0.1, 0.15) is 5.75 Å². The second-order valence-corrected chi connectivity index (χ2v) is 8.22. The lowest BCUT2D eigenvalue weighted by atomic mass is 10.2. The summed E-state index contributed by atoms with van der Waals surface area (Å²) >= 11 is 4.75. The Kier molecular flexibility index (Phi) is 5.54. The molecule has 0 spiro atoms. The zero-order chi connectivity index (χ0) is 19.5. The molecule has 28 heavy (non-hydrogen) atoms. The van der Waals surface area contributed by atoms with E-state index in [0.717, 1.165) is 34.2 Å². The van der Waals surface area contributed by atoms with Gasteiger partial charge in [0.05, 0.1) is 11.1 Å². The molecule has 0 radical (unpaired) electrons. The highest BCUT2D eigenvalue weighted by Crippen LogP contribution is 2.21. The number of thiazole rings is 1. The van der Waals surface area contributed by atoms with Gasteiger partial charge in [0, 0.05) is 15.6 Å². The van der Waals surface area contributed by atoms with Crippen LogP contribution in [0.25, 0.3) is 22.4 Å². The molecule has 0 saturated carbocycles. The molecule has 2 heterocycles. The maximum Gasteiger partial charge on any atom is 0.291 e. The Labute approximate surface area is 174 Å². The summed E-state index contributed by atoms with van der Waals surface area (Å²) in [5.74, 6) is 1.33. The number of benzene rings is 2. The van der Waals surface area contributed by atoms with E-state index in [0.29, 0.717) is 21.9 Å². The van der Waals surface area contributed by atoms with Gasteiger partial charge in [-0.2, -0.15) is 9.50 Å². The zero-order valence-corrected chi connectivity index (χ0v) is 17.7. The summed E-state index contributed by atoms with van der Waals surface area (Å²) < 4.78 is 8.80. The van der Waals surface area contributed by atoms with Crippen LogP contribution in [0.2, 0.25) is 0 Å². The molecule has 0 amide bonds. The van der Waals surface area contributed by atoms with Crippen molar-refractivity contribution in [3.63, 3.8) is 0 Å². The molecule has 4 aromatic rings. The van der Waals surface area contributed by atoms with Crippen LogP contribution in [0, 0.1) is 0 Å². The van der Waals surface area contributed by atoms with Gasteiger partial charge >= 0.3 is 0 Å². The second-order valence-electron chi connectivity index (χ2n) is 6.29. The number of aromatic nitrogens is 3. The number of halogens is 1. The smallest absolute Gasteiger partial charge is 0.291 e. The Morgan fingerprint density at radius 2 is 1.96 bits per heavy atom. The Bertz CT molecular complexity index is 1210. The third-order valence-electron chi connectivity index (χ3n) is 4.25. The molecule has 0 fully saturated rings. The number of hydrogen-bond donors (Lipinski definition) is 0. The summed E-state index contributed by atoms with van der Waals surface area (Å²) in [7, 11) is 0. The summed E-state index contributed by atoms with van der Waals surface area (Å²) in [6, 6.07) is 15.4. The van der Waals surface area contributed by atoms with Crippen molar-refractivity contribution in [1.82, 2.24) is 14.6 Å². The minimum Gasteiger partial charge on any atom is -0.493 e. The molecule has 142 valence electrons. The SMILES string of the molecule is CCCCOc1ccccc1/C=c1\sc2nc(-c3ccc(Br)cc3)nn2c1=O. The molecule has 0 aliphatic rings. The highest BCUT2D eigenvalue weighted by molar-refractivity contribution is 9.10. The number of rotatable bonds is 6. The molecule has 0 aliphatic heterocycles. The lowest BCUT2D eigenvalue weighted by molar-refractivity contribution is 0.309. The first-order valence-electron chi connectivity index (χ1n) is 9.05. The average Bonchev–Trinajstić information content (AvgIpc) is 3.24. The minimum absolute atomic E-state index is 0.167. The first kappa shape index (κ1) is 18.8. The number of hydrogen-bond acceptors (Lipinski definition) is 5. The summed E-state index contributed by atoms with van der Waals surface area (Å²) in [6.07, 6.45) is 3.92. The monoisotopic (exact) mass is 455 g/mol. The topological polar surface area (TPSA) is 56.5 Å². The molecule has 2 aromatic carbocycles. The van der Waals surface area contributed by atoms with Gasteiger partial charge < -0.3 is 4.74 Å². The van der Waals surface area contributed by atoms with Crippen LogP contribution in [0.5, 0.6) is 5.75 Å². The molecule has 0 bridgehead atoms. The first-order chi connectivity index (χ1) is 13.7. The Hall–Kier alpha value is -2.51. The van der Waals surface area contributed by atoms with Crippen LogP contribution in [0.3, 0.4) is 0 Å². The number of unbranched alkanes of at least 4 members (excludes halogenated alkanes) is 1. The fraction of sp³-hybridized carbons (Fsp3) is 0.190. The van der Waals surface area contributed by atoms with Crippen molar-refractivity contribution in [2.75, 3.05) is 6.61 Å². The third kappa shape index (κ3) is 3.86. The van der Waals surface area contributed by atoms with Crippen LogP contribution < -0.4 is 14.8 Å². The highest BCUT2D eigenvalue weighted by atomic mass is 79.9. The second kappa shape index (κ2) is 8.24. The molecule has 2 aromatic heterocycles. The van der Waals surface area contributed by atoms with Gasteiger partial charge in [0.25, 0.3) is 5.56 Å². The molecular formula is C21H18BrN3O2S. The molecule has 0 unspecified atom stereocenters. The summed E-state index contributed by atoms with van der Waals surface area (Å²) in [5, 5.41) is 4.39. The van der Waals surface area contributed by atoms with Crippen molar-refractivity contribution in [2.24, 2.45) is 0 Å². The highest BCUT2D eigenvalue weighted by Gasteiger charge is 2.12. The predicted molar refractivity (Wildman–Crippen MR) is 116 cm³/mol. The fourth-order valence-electron chi connectivity index (χ4n) is 2.75. The van der Waals surface area contributed by atoms with Crippen molar-refractivity contribution in [1.29, 1.82) is 0 Å². The summed E-state index contributed by atoms with van der Waals surface area (Å²) in [6.45, 7) is 2.79. The number of nitrogens with zero attached hydrogens (tertiary/aromatic N) is 3. The van der Waals surface area contributed by atoms with E-state index in [1.807, 2.05) is 54.6 Å². The van der Waals surface area contributed by atoms with Crippen LogP contribution >= 0.6 is 27.3 Å². The van der Waals surface area contributed by atoms with E-state index in [4.69, 9.17) is 4.74 Å². The Morgan fingerprint density at radius 3 is 2.71 bits per heavy atom. The summed E-state index contributed by atoms with van der Waals surface area (Å²) in [5.41, 5.74) is 1.59. The Morgan fingerprint density at radius 1 is 1.18 bits per heavy atom. The van der Waals surface area contributed by atoms with Crippen LogP contribution in [-0.4, -0.2) is 21.2 Å². The minimum atomic E-state index is -0.167. The normalized spacial score (nSPS) is 12.0. The van der Waals surface area contributed by atoms with Crippen molar-refractivity contribution < 1.29 is 4.74 Å². The molecule has 0 atom stereocenters. The zero-order valence-electron chi connectivity index (χ0n) is 15.3. The third-order valence-corrected chi connectivity index (χ3v) is 5.73. The van der Waals surface area contributed by atoms with E-state index in [-0.39, 0.29) is 5.56 Å². The van der Waals surface area contributed by atoms with Gasteiger partial charge in [-0.15, -0.1) is 5.10 Å². The predicted octanol–water partition coefficient (Wildman–Crippen LogP) is 4.31. The largest absolute Gasteiger partial charge is 0.493 e. The van der Waals surface area contributed by atoms with E-state index >= 15 is 0 Å². The average molecular weight is 456 g/mol. The van der Waals surface area contributed by atoms with E-state index in [1.54, 1.807) is 0 Å². The fourth-order valence-corrected chi connectivity index (χ4v) is 3.92.